The summed E-state index contributed by atoms with van der Waals surface area (Å²) in [4.78, 5) is 42.3. The number of ether oxygens (including phenoxy) is 2. The lowest BCUT2D eigenvalue weighted by molar-refractivity contribution is -0.112. The maximum Gasteiger partial charge on any atom is 0.296 e. The zero-order valence-electron chi connectivity index (χ0n) is 25.3. The summed E-state index contributed by atoms with van der Waals surface area (Å²) in [7, 11) is 0. The molecule has 2 amide bonds. The topological polar surface area (TPSA) is 109 Å². The molecule has 9 nitrogen and oxygen atoms in total. The molecule has 1 unspecified atom stereocenters. The van der Waals surface area contributed by atoms with Gasteiger partial charge in [0.15, 0.2) is 0 Å². The molecule has 1 atom stereocenters. The molecule has 2 heterocycles. The third-order valence-corrected chi connectivity index (χ3v) is 8.05. The highest BCUT2D eigenvalue weighted by atomic mass is 16.5. The summed E-state index contributed by atoms with van der Waals surface area (Å²) in [6, 6.07) is 16.2. The van der Waals surface area contributed by atoms with E-state index in [0.29, 0.717) is 34.6 Å². The van der Waals surface area contributed by atoms with Crippen molar-refractivity contribution in [3.8, 4) is 5.75 Å². The van der Waals surface area contributed by atoms with Crippen LogP contribution in [0.15, 0.2) is 54.6 Å². The van der Waals surface area contributed by atoms with E-state index >= 15 is 0 Å². The first-order valence-electron chi connectivity index (χ1n) is 15.2. The van der Waals surface area contributed by atoms with E-state index in [1.54, 1.807) is 18.2 Å². The van der Waals surface area contributed by atoms with Gasteiger partial charge >= 0.3 is 0 Å². The van der Waals surface area contributed by atoms with Gasteiger partial charge in [-0.1, -0.05) is 45.0 Å². The molecule has 5 rings (SSSR count). The summed E-state index contributed by atoms with van der Waals surface area (Å²) in [5, 5.41) is 10.6. The minimum absolute atomic E-state index is 0.0544. The van der Waals surface area contributed by atoms with Gasteiger partial charge in [0, 0.05) is 54.4 Å². The summed E-state index contributed by atoms with van der Waals surface area (Å²) in [6.45, 7) is 12.3. The van der Waals surface area contributed by atoms with Gasteiger partial charge < -0.3 is 25.4 Å². The number of nitrogens with one attached hydrogen (secondary N) is 3. The number of carbonyl (C=O) groups is 3. The Kier molecular flexibility index (Phi) is 9.75. The Morgan fingerprint density at radius 3 is 2.51 bits per heavy atom. The fraction of sp³-hybridized carbons (Fsp3) is 0.441. The van der Waals surface area contributed by atoms with Crippen LogP contribution in [0.3, 0.4) is 0 Å². The van der Waals surface area contributed by atoms with Gasteiger partial charge in [0.1, 0.15) is 12.4 Å². The SMILES string of the molecule is CC(C)(C)c1cc(NC(=O)C(=O)c2ccc(OCCN3CCOCC3)c3ccccc23)cc(C(=O)NC2CCCNC2)c1. The van der Waals surface area contributed by atoms with E-state index in [1.165, 1.54) is 0 Å². The Hall–Kier alpha value is -3.79. The maximum absolute atomic E-state index is 13.5. The van der Waals surface area contributed by atoms with Crippen molar-refractivity contribution in [3.63, 3.8) is 0 Å². The van der Waals surface area contributed by atoms with E-state index in [2.05, 4.69) is 20.9 Å². The van der Waals surface area contributed by atoms with Crippen molar-refractivity contribution in [1.82, 2.24) is 15.5 Å². The van der Waals surface area contributed by atoms with Gasteiger partial charge in [-0.05, 0) is 66.1 Å². The van der Waals surface area contributed by atoms with Crippen LogP contribution < -0.4 is 20.7 Å². The minimum Gasteiger partial charge on any atom is -0.492 e. The normalized spacial score (nSPS) is 17.8. The van der Waals surface area contributed by atoms with Crippen molar-refractivity contribution in [2.24, 2.45) is 0 Å². The van der Waals surface area contributed by atoms with Gasteiger partial charge in [-0.2, -0.15) is 0 Å². The molecular formula is C34H42N4O5. The maximum atomic E-state index is 13.5. The second kappa shape index (κ2) is 13.7. The van der Waals surface area contributed by atoms with E-state index in [9.17, 15) is 14.4 Å². The number of amides is 2. The largest absolute Gasteiger partial charge is 0.492 e. The van der Waals surface area contributed by atoms with Crippen LogP contribution >= 0.6 is 0 Å². The van der Waals surface area contributed by atoms with Crippen molar-refractivity contribution in [2.45, 2.75) is 45.1 Å². The average molecular weight is 587 g/mol. The number of ketones is 1. The molecule has 2 aliphatic heterocycles. The molecular weight excluding hydrogens is 544 g/mol. The third-order valence-electron chi connectivity index (χ3n) is 8.05. The number of Topliss-reactive ketones (excluding diaryl/α,β-unsaturated/α-hetero) is 1. The quantitative estimate of drug-likeness (QED) is 0.255. The molecule has 0 spiro atoms. The molecule has 0 aromatic heterocycles. The second-order valence-corrected chi connectivity index (χ2v) is 12.3. The van der Waals surface area contributed by atoms with E-state index in [0.717, 1.165) is 69.7 Å². The lowest BCUT2D eigenvalue weighted by atomic mass is 9.85. The van der Waals surface area contributed by atoms with Crippen molar-refractivity contribution in [2.75, 3.05) is 57.9 Å². The van der Waals surface area contributed by atoms with Crippen LogP contribution in [0.1, 0.15) is 59.9 Å². The highest BCUT2D eigenvalue weighted by molar-refractivity contribution is 6.48. The molecule has 2 aliphatic rings. The van der Waals surface area contributed by atoms with Gasteiger partial charge in [0.25, 0.3) is 17.6 Å². The minimum atomic E-state index is -0.764. The molecule has 43 heavy (non-hydrogen) atoms. The van der Waals surface area contributed by atoms with E-state index in [1.807, 2.05) is 57.2 Å². The summed E-state index contributed by atoms with van der Waals surface area (Å²) in [6.07, 6.45) is 1.92. The summed E-state index contributed by atoms with van der Waals surface area (Å²) >= 11 is 0. The van der Waals surface area contributed by atoms with Crippen molar-refractivity contribution in [3.05, 3.63) is 71.3 Å². The number of anilines is 1. The molecule has 0 saturated carbocycles. The van der Waals surface area contributed by atoms with Crippen molar-refractivity contribution < 1.29 is 23.9 Å². The third kappa shape index (κ3) is 7.79. The number of hydrogen-bond donors (Lipinski definition) is 3. The predicted octanol–water partition coefficient (Wildman–Crippen LogP) is 4.15. The number of piperidine rings is 1. The Labute approximate surface area is 253 Å². The van der Waals surface area contributed by atoms with Gasteiger partial charge in [-0.3, -0.25) is 19.3 Å². The van der Waals surface area contributed by atoms with E-state index in [4.69, 9.17) is 9.47 Å². The number of fused-ring (bicyclic) bond motifs is 1. The molecule has 0 aliphatic carbocycles. The monoisotopic (exact) mass is 586 g/mol. The highest BCUT2D eigenvalue weighted by Crippen LogP contribution is 2.30. The Bertz CT molecular complexity index is 1470. The standard InChI is InChI=1S/C34H42N4O5/c1-34(2,3)24-19-23(32(40)36-25-7-6-12-35-22-25)20-26(21-24)37-33(41)31(39)29-10-11-30(28-9-5-4-8-27(28)29)43-18-15-38-13-16-42-17-14-38/h4-5,8-11,19-21,25,35H,6-7,12-18,22H2,1-3H3,(H,36,40)(H,37,41). The number of hydrogen-bond acceptors (Lipinski definition) is 7. The Balaban J connectivity index is 1.33. The fourth-order valence-electron chi connectivity index (χ4n) is 5.52. The van der Waals surface area contributed by atoms with Crippen molar-refractivity contribution >= 4 is 34.1 Å². The summed E-state index contributed by atoms with van der Waals surface area (Å²) in [5.74, 6) is -0.948. The number of carbonyl (C=O) groups excluding carboxylic acids is 3. The number of benzene rings is 3. The van der Waals surface area contributed by atoms with Crippen LogP contribution in [0.4, 0.5) is 5.69 Å². The van der Waals surface area contributed by atoms with Crippen LogP contribution in [0.25, 0.3) is 10.8 Å². The smallest absolute Gasteiger partial charge is 0.296 e. The van der Waals surface area contributed by atoms with Crippen molar-refractivity contribution in [1.29, 1.82) is 0 Å². The van der Waals surface area contributed by atoms with Gasteiger partial charge in [0.2, 0.25) is 0 Å². The van der Waals surface area contributed by atoms with E-state index < -0.39 is 11.7 Å². The van der Waals surface area contributed by atoms with E-state index in [-0.39, 0.29) is 17.4 Å². The van der Waals surface area contributed by atoms with Crippen LogP contribution in [0, 0.1) is 0 Å². The molecule has 2 saturated heterocycles. The molecule has 3 aromatic carbocycles. The number of nitrogens with zero attached hydrogens (tertiary/aromatic N) is 1. The molecule has 0 radical (unpaired) electrons. The van der Waals surface area contributed by atoms with Gasteiger partial charge in [0.05, 0.1) is 13.2 Å². The summed E-state index contributed by atoms with van der Waals surface area (Å²) in [5.41, 5.74) is 1.76. The van der Waals surface area contributed by atoms with Crippen LogP contribution in [-0.2, 0) is 14.9 Å². The van der Waals surface area contributed by atoms with Gasteiger partial charge in [-0.15, -0.1) is 0 Å². The number of rotatable bonds is 9. The first kappa shape index (κ1) is 30.7. The highest BCUT2D eigenvalue weighted by Gasteiger charge is 2.24. The predicted molar refractivity (Wildman–Crippen MR) is 168 cm³/mol. The Morgan fingerprint density at radius 1 is 1.02 bits per heavy atom. The zero-order chi connectivity index (χ0) is 30.4. The average Bonchev–Trinajstić information content (AvgIpc) is 3.01. The molecule has 3 aromatic rings. The lowest BCUT2D eigenvalue weighted by Gasteiger charge is -2.26. The zero-order valence-corrected chi connectivity index (χ0v) is 25.3. The molecule has 3 N–H and O–H groups in total. The van der Waals surface area contributed by atoms with Crippen LogP contribution in [0.5, 0.6) is 5.75 Å². The first-order valence-corrected chi connectivity index (χ1v) is 15.2. The fourth-order valence-corrected chi connectivity index (χ4v) is 5.52. The summed E-state index contributed by atoms with van der Waals surface area (Å²) < 4.78 is 11.5. The van der Waals surface area contributed by atoms with Gasteiger partial charge in [-0.25, -0.2) is 0 Å². The lowest BCUT2D eigenvalue weighted by Crippen LogP contribution is -2.45. The first-order chi connectivity index (χ1) is 20.7. The molecule has 2 fully saturated rings. The molecule has 9 heteroatoms. The molecule has 228 valence electrons. The van der Waals surface area contributed by atoms with Crippen LogP contribution in [-0.4, -0.2) is 81.1 Å². The second-order valence-electron chi connectivity index (χ2n) is 12.3. The molecule has 0 bridgehead atoms. The van der Waals surface area contributed by atoms with Crippen LogP contribution in [0.2, 0.25) is 0 Å². The Morgan fingerprint density at radius 2 is 1.79 bits per heavy atom. The number of morpholine rings is 1.